The Balaban J connectivity index is 1.68. The van der Waals surface area contributed by atoms with Crippen LogP contribution in [0.4, 0.5) is 0 Å². The highest BCUT2D eigenvalue weighted by Crippen LogP contribution is 2.46. The second-order valence-corrected chi connectivity index (χ2v) is 5.27. The van der Waals surface area contributed by atoms with Crippen molar-refractivity contribution in [2.45, 2.75) is 38.2 Å². The SMILES string of the molecule is OCC1(CC2Cc3ccccc3O2)CCC1. The van der Waals surface area contributed by atoms with Crippen molar-refractivity contribution in [3.8, 4) is 5.75 Å². The predicted octanol–water partition coefficient (Wildman–Crippen LogP) is 2.54. The van der Waals surface area contributed by atoms with Crippen molar-refractivity contribution in [2.24, 2.45) is 5.41 Å². The quantitative estimate of drug-likeness (QED) is 0.844. The molecule has 0 spiro atoms. The summed E-state index contributed by atoms with van der Waals surface area (Å²) in [7, 11) is 0. The molecule has 0 radical (unpaired) electrons. The summed E-state index contributed by atoms with van der Waals surface area (Å²) in [4.78, 5) is 0. The first-order valence-corrected chi connectivity index (χ1v) is 6.17. The summed E-state index contributed by atoms with van der Waals surface area (Å²) in [5.74, 6) is 1.04. The van der Waals surface area contributed by atoms with Gasteiger partial charge in [-0.15, -0.1) is 0 Å². The minimum atomic E-state index is 0.173. The number of fused-ring (bicyclic) bond motifs is 1. The lowest BCUT2D eigenvalue weighted by Gasteiger charge is -2.41. The minimum absolute atomic E-state index is 0.173. The van der Waals surface area contributed by atoms with Crippen molar-refractivity contribution in [1.82, 2.24) is 0 Å². The summed E-state index contributed by atoms with van der Waals surface area (Å²) in [6, 6.07) is 8.27. The lowest BCUT2D eigenvalue weighted by Crippen LogP contribution is -2.38. The van der Waals surface area contributed by atoms with E-state index in [1.807, 2.05) is 12.1 Å². The Morgan fingerprint density at radius 1 is 1.31 bits per heavy atom. The van der Waals surface area contributed by atoms with Gasteiger partial charge in [-0.1, -0.05) is 24.6 Å². The van der Waals surface area contributed by atoms with E-state index in [4.69, 9.17) is 4.74 Å². The van der Waals surface area contributed by atoms with E-state index in [1.54, 1.807) is 0 Å². The van der Waals surface area contributed by atoms with E-state index in [1.165, 1.54) is 24.8 Å². The molecule has 0 aromatic heterocycles. The highest BCUT2D eigenvalue weighted by Gasteiger charge is 2.40. The zero-order chi connectivity index (χ0) is 11.0. The molecule has 86 valence electrons. The first-order chi connectivity index (χ1) is 7.81. The summed E-state index contributed by atoms with van der Waals surface area (Å²) in [6.07, 6.45) is 5.90. The molecule has 2 nitrogen and oxygen atoms in total. The highest BCUT2D eigenvalue weighted by atomic mass is 16.5. The molecule has 2 aliphatic rings. The molecule has 0 saturated heterocycles. The molecule has 3 rings (SSSR count). The van der Waals surface area contributed by atoms with E-state index < -0.39 is 0 Å². The Labute approximate surface area is 96.2 Å². The van der Waals surface area contributed by atoms with E-state index in [0.29, 0.717) is 6.61 Å². The third-order valence-corrected chi connectivity index (χ3v) is 4.12. The van der Waals surface area contributed by atoms with Crippen LogP contribution in [0.2, 0.25) is 0 Å². The van der Waals surface area contributed by atoms with E-state index in [2.05, 4.69) is 12.1 Å². The summed E-state index contributed by atoms with van der Waals surface area (Å²) < 4.78 is 5.93. The van der Waals surface area contributed by atoms with Crippen LogP contribution < -0.4 is 4.74 Å². The highest BCUT2D eigenvalue weighted by molar-refractivity contribution is 5.37. The van der Waals surface area contributed by atoms with Gasteiger partial charge in [0.25, 0.3) is 0 Å². The van der Waals surface area contributed by atoms with E-state index in [9.17, 15) is 5.11 Å². The van der Waals surface area contributed by atoms with Crippen LogP contribution in [0.5, 0.6) is 5.75 Å². The van der Waals surface area contributed by atoms with Gasteiger partial charge in [0, 0.05) is 13.0 Å². The molecule has 0 amide bonds. The average Bonchev–Trinajstić information content (AvgIpc) is 2.65. The Bertz CT molecular complexity index is 352. The van der Waals surface area contributed by atoms with Gasteiger partial charge in [0.15, 0.2) is 0 Å². The molecule has 1 aromatic carbocycles. The summed E-state index contributed by atoms with van der Waals surface area (Å²) >= 11 is 0. The molecule has 1 unspecified atom stereocenters. The maximum Gasteiger partial charge on any atom is 0.123 e. The number of hydrogen-bond acceptors (Lipinski definition) is 2. The summed E-state index contributed by atoms with van der Waals surface area (Å²) in [5, 5.41) is 9.46. The lowest BCUT2D eigenvalue weighted by atomic mass is 9.66. The van der Waals surface area contributed by atoms with Crippen LogP contribution in [0.25, 0.3) is 0 Å². The number of hydrogen-bond donors (Lipinski definition) is 1. The molecule has 1 atom stereocenters. The molecule has 1 saturated carbocycles. The Kier molecular flexibility index (Phi) is 2.40. The second-order valence-electron chi connectivity index (χ2n) is 5.27. The smallest absolute Gasteiger partial charge is 0.123 e. The molecule has 1 heterocycles. The van der Waals surface area contributed by atoms with Gasteiger partial charge in [-0.3, -0.25) is 0 Å². The Morgan fingerprint density at radius 2 is 2.12 bits per heavy atom. The van der Waals surface area contributed by atoms with Gasteiger partial charge < -0.3 is 9.84 Å². The van der Waals surface area contributed by atoms with Gasteiger partial charge in [0.2, 0.25) is 0 Å². The number of aliphatic hydroxyl groups is 1. The predicted molar refractivity (Wildman–Crippen MR) is 62.5 cm³/mol. The lowest BCUT2D eigenvalue weighted by molar-refractivity contribution is 0.00501. The number of rotatable bonds is 3. The van der Waals surface area contributed by atoms with Crippen molar-refractivity contribution in [1.29, 1.82) is 0 Å². The fourth-order valence-corrected chi connectivity index (χ4v) is 2.95. The van der Waals surface area contributed by atoms with Crippen molar-refractivity contribution >= 4 is 0 Å². The average molecular weight is 218 g/mol. The molecular weight excluding hydrogens is 200 g/mol. The zero-order valence-corrected chi connectivity index (χ0v) is 9.48. The monoisotopic (exact) mass is 218 g/mol. The van der Waals surface area contributed by atoms with Gasteiger partial charge in [-0.2, -0.15) is 0 Å². The number of aliphatic hydroxyl groups excluding tert-OH is 1. The number of ether oxygens (including phenoxy) is 1. The van der Waals surface area contributed by atoms with Crippen LogP contribution in [0.1, 0.15) is 31.2 Å². The van der Waals surface area contributed by atoms with Crippen LogP contribution >= 0.6 is 0 Å². The fraction of sp³-hybridized carbons (Fsp3) is 0.571. The van der Waals surface area contributed by atoms with Gasteiger partial charge in [-0.25, -0.2) is 0 Å². The molecule has 1 aromatic rings. The third kappa shape index (κ3) is 1.61. The van der Waals surface area contributed by atoms with Crippen LogP contribution in [-0.4, -0.2) is 17.8 Å². The van der Waals surface area contributed by atoms with Gasteiger partial charge in [0.1, 0.15) is 11.9 Å². The first kappa shape index (κ1) is 10.2. The van der Waals surface area contributed by atoms with Crippen LogP contribution in [0.3, 0.4) is 0 Å². The van der Waals surface area contributed by atoms with Crippen molar-refractivity contribution in [3.63, 3.8) is 0 Å². The molecule has 1 aliphatic heterocycles. The molecule has 1 N–H and O–H groups in total. The number of benzene rings is 1. The van der Waals surface area contributed by atoms with Crippen molar-refractivity contribution in [2.75, 3.05) is 6.61 Å². The van der Waals surface area contributed by atoms with Crippen LogP contribution in [0.15, 0.2) is 24.3 Å². The van der Waals surface area contributed by atoms with E-state index >= 15 is 0 Å². The van der Waals surface area contributed by atoms with Crippen LogP contribution in [0, 0.1) is 5.41 Å². The molecule has 1 fully saturated rings. The van der Waals surface area contributed by atoms with E-state index in [0.717, 1.165) is 18.6 Å². The minimum Gasteiger partial charge on any atom is -0.490 e. The van der Waals surface area contributed by atoms with Crippen LogP contribution in [-0.2, 0) is 6.42 Å². The van der Waals surface area contributed by atoms with Gasteiger partial charge in [-0.05, 0) is 36.3 Å². The number of para-hydroxylation sites is 1. The third-order valence-electron chi connectivity index (χ3n) is 4.12. The molecule has 16 heavy (non-hydrogen) atoms. The van der Waals surface area contributed by atoms with Crippen molar-refractivity contribution in [3.05, 3.63) is 29.8 Å². The topological polar surface area (TPSA) is 29.5 Å². The largest absolute Gasteiger partial charge is 0.490 e. The van der Waals surface area contributed by atoms with Crippen molar-refractivity contribution < 1.29 is 9.84 Å². The normalized spacial score (nSPS) is 25.7. The maximum atomic E-state index is 9.46. The molecular formula is C14H18O2. The summed E-state index contributed by atoms with van der Waals surface area (Å²) in [5.41, 5.74) is 1.49. The molecule has 2 heteroatoms. The molecule has 0 bridgehead atoms. The zero-order valence-electron chi connectivity index (χ0n) is 9.48. The maximum absolute atomic E-state index is 9.46. The van der Waals surface area contributed by atoms with Gasteiger partial charge in [0.05, 0.1) is 0 Å². The standard InChI is InChI=1S/C14H18O2/c15-10-14(6-3-7-14)9-12-8-11-4-1-2-5-13(11)16-12/h1-2,4-5,12,15H,3,6-10H2. The molecule has 1 aliphatic carbocycles. The first-order valence-electron chi connectivity index (χ1n) is 6.17. The second kappa shape index (κ2) is 3.77. The Hall–Kier alpha value is -1.02. The van der Waals surface area contributed by atoms with Gasteiger partial charge >= 0.3 is 0 Å². The fourth-order valence-electron chi connectivity index (χ4n) is 2.95. The summed E-state index contributed by atoms with van der Waals surface area (Å²) in [6.45, 7) is 0.323. The van der Waals surface area contributed by atoms with E-state index in [-0.39, 0.29) is 11.5 Å². The Morgan fingerprint density at radius 3 is 2.75 bits per heavy atom.